The monoisotopic (exact) mass is 349 g/mol. The Labute approximate surface area is 150 Å². The van der Waals surface area contributed by atoms with Gasteiger partial charge in [-0.25, -0.2) is 9.97 Å². The van der Waals surface area contributed by atoms with Crippen molar-refractivity contribution in [1.29, 1.82) is 0 Å². The van der Waals surface area contributed by atoms with Crippen molar-refractivity contribution in [2.45, 2.75) is 25.7 Å². The summed E-state index contributed by atoms with van der Waals surface area (Å²) >= 11 is 1.71. The highest BCUT2D eigenvalue weighted by Gasteiger charge is 2.21. The molecule has 0 aliphatic heterocycles. The van der Waals surface area contributed by atoms with Gasteiger partial charge in [-0.05, 0) is 48.3 Å². The van der Waals surface area contributed by atoms with E-state index >= 15 is 0 Å². The van der Waals surface area contributed by atoms with Gasteiger partial charge in [0.25, 0.3) is 0 Å². The predicted molar refractivity (Wildman–Crippen MR) is 102 cm³/mol. The number of rotatable bonds is 5. The number of ketones is 1. The van der Waals surface area contributed by atoms with Crippen LogP contribution in [0.15, 0.2) is 48.8 Å². The van der Waals surface area contributed by atoms with Crippen molar-refractivity contribution in [3.8, 4) is 10.4 Å². The van der Waals surface area contributed by atoms with Crippen LogP contribution in [0.3, 0.4) is 0 Å². The molecule has 25 heavy (non-hydrogen) atoms. The van der Waals surface area contributed by atoms with E-state index in [1.165, 1.54) is 16.5 Å². The van der Waals surface area contributed by atoms with Gasteiger partial charge in [0.05, 0.1) is 11.1 Å². The van der Waals surface area contributed by atoms with Gasteiger partial charge in [0.2, 0.25) is 0 Å². The minimum Gasteiger partial charge on any atom is -0.345 e. The highest BCUT2D eigenvalue weighted by atomic mass is 32.1. The molecule has 126 valence electrons. The van der Waals surface area contributed by atoms with E-state index in [1.807, 2.05) is 6.20 Å². The average Bonchev–Trinajstić information content (AvgIpc) is 3.30. The molecule has 0 spiro atoms. The summed E-state index contributed by atoms with van der Waals surface area (Å²) in [5.74, 6) is 0.375. The van der Waals surface area contributed by atoms with Crippen LogP contribution in [0.1, 0.15) is 31.4 Å². The predicted octanol–water partition coefficient (Wildman–Crippen LogP) is 5.02. The highest BCUT2D eigenvalue weighted by molar-refractivity contribution is 7.13. The Morgan fingerprint density at radius 1 is 1.44 bits per heavy atom. The number of carbonyl (C=O) groups excluding carboxylic acids is 1. The third-order valence-electron chi connectivity index (χ3n) is 4.71. The molecule has 5 heteroatoms. The summed E-state index contributed by atoms with van der Waals surface area (Å²) in [7, 11) is 0. The lowest BCUT2D eigenvalue weighted by atomic mass is 9.85. The zero-order chi connectivity index (χ0) is 17.2. The number of H-pyrrole nitrogens is 1. The number of carbonyl (C=O) groups is 1. The van der Waals surface area contributed by atoms with E-state index in [0.717, 1.165) is 41.6 Å². The molecule has 0 saturated heterocycles. The first-order valence-electron chi connectivity index (χ1n) is 8.48. The molecule has 1 aliphatic rings. The number of aromatic amines is 1. The second-order valence-electron chi connectivity index (χ2n) is 6.34. The Balaban J connectivity index is 1.79. The maximum atomic E-state index is 11.7. The first-order chi connectivity index (χ1) is 12.3. The minimum atomic E-state index is 0.108. The van der Waals surface area contributed by atoms with Crippen molar-refractivity contribution in [2.75, 3.05) is 0 Å². The Morgan fingerprint density at radius 3 is 3.16 bits per heavy atom. The highest BCUT2D eigenvalue weighted by Crippen LogP contribution is 2.38. The van der Waals surface area contributed by atoms with E-state index in [2.05, 4.69) is 45.1 Å². The fraction of sp³-hybridized carbons (Fsp3) is 0.250. The number of hydrogen-bond acceptors (Lipinski definition) is 4. The lowest BCUT2D eigenvalue weighted by molar-refractivity contribution is -0.115. The molecule has 0 radical (unpaired) electrons. The van der Waals surface area contributed by atoms with Gasteiger partial charge in [-0.1, -0.05) is 18.7 Å². The Hall–Kier alpha value is -2.53. The van der Waals surface area contributed by atoms with Crippen molar-refractivity contribution in [1.82, 2.24) is 15.0 Å². The number of thiophene rings is 1. The van der Waals surface area contributed by atoms with Crippen LogP contribution in [0.5, 0.6) is 0 Å². The van der Waals surface area contributed by atoms with Gasteiger partial charge in [0, 0.05) is 23.1 Å². The normalized spacial score (nSPS) is 17.4. The van der Waals surface area contributed by atoms with Crippen LogP contribution in [0.2, 0.25) is 0 Å². The van der Waals surface area contributed by atoms with Crippen LogP contribution in [0, 0.1) is 5.92 Å². The smallest absolute Gasteiger partial charge is 0.155 e. The van der Waals surface area contributed by atoms with Crippen molar-refractivity contribution in [3.05, 3.63) is 54.5 Å². The van der Waals surface area contributed by atoms with Gasteiger partial charge in [0.1, 0.15) is 12.0 Å². The van der Waals surface area contributed by atoms with Crippen LogP contribution >= 0.6 is 11.3 Å². The van der Waals surface area contributed by atoms with Gasteiger partial charge in [0.15, 0.2) is 5.78 Å². The molecule has 0 aromatic carbocycles. The molecule has 0 saturated carbocycles. The third-order valence-corrected chi connectivity index (χ3v) is 5.61. The Bertz CT molecular complexity index is 953. The van der Waals surface area contributed by atoms with Crippen molar-refractivity contribution < 1.29 is 4.79 Å². The van der Waals surface area contributed by atoms with E-state index < -0.39 is 0 Å². The number of hydrogen-bond donors (Lipinski definition) is 1. The first-order valence-corrected chi connectivity index (χ1v) is 9.36. The summed E-state index contributed by atoms with van der Waals surface area (Å²) in [5, 5.41) is 3.15. The standard InChI is InChI=1S/C20H19N3OS/c1-2-15(24)10-13-5-3-6-14(9-13)19-18-16(17-7-4-8-25-17)11-21-20(18)23-12-22-19/h2,4,7-9,11-13H,1,3,5-6,10H2,(H,21,22,23). The van der Waals surface area contributed by atoms with E-state index in [-0.39, 0.29) is 11.7 Å². The summed E-state index contributed by atoms with van der Waals surface area (Å²) < 4.78 is 0. The summed E-state index contributed by atoms with van der Waals surface area (Å²) in [4.78, 5) is 25.2. The molecule has 3 aromatic rings. The van der Waals surface area contributed by atoms with Crippen molar-refractivity contribution in [2.24, 2.45) is 5.92 Å². The van der Waals surface area contributed by atoms with Crippen LogP contribution in [-0.2, 0) is 4.79 Å². The molecule has 4 rings (SSSR count). The van der Waals surface area contributed by atoms with Crippen LogP contribution < -0.4 is 0 Å². The quantitative estimate of drug-likeness (QED) is 0.658. The van der Waals surface area contributed by atoms with E-state index in [0.29, 0.717) is 6.42 Å². The second-order valence-corrected chi connectivity index (χ2v) is 7.29. The minimum absolute atomic E-state index is 0.108. The molecule has 0 amide bonds. The Morgan fingerprint density at radius 2 is 2.36 bits per heavy atom. The lowest BCUT2D eigenvalue weighted by Crippen LogP contribution is -2.09. The molecule has 3 aromatic heterocycles. The van der Waals surface area contributed by atoms with Crippen molar-refractivity contribution in [3.63, 3.8) is 0 Å². The average molecular weight is 349 g/mol. The van der Waals surface area contributed by atoms with Gasteiger partial charge in [-0.2, -0.15) is 0 Å². The number of allylic oxidation sites excluding steroid dienone is 3. The Kier molecular flexibility index (Phi) is 4.32. The second kappa shape index (κ2) is 6.76. The van der Waals surface area contributed by atoms with Gasteiger partial charge in [-0.3, -0.25) is 4.79 Å². The molecular formula is C20H19N3OS. The third kappa shape index (κ3) is 3.07. The van der Waals surface area contributed by atoms with E-state index in [4.69, 9.17) is 0 Å². The molecule has 1 unspecified atom stereocenters. The van der Waals surface area contributed by atoms with Gasteiger partial charge >= 0.3 is 0 Å². The number of aromatic nitrogens is 3. The zero-order valence-corrected chi connectivity index (χ0v) is 14.7. The van der Waals surface area contributed by atoms with E-state index in [1.54, 1.807) is 17.7 Å². The lowest BCUT2D eigenvalue weighted by Gasteiger charge is -2.20. The number of fused-ring (bicyclic) bond motifs is 1. The topological polar surface area (TPSA) is 58.6 Å². The van der Waals surface area contributed by atoms with Gasteiger partial charge in [-0.15, -0.1) is 11.3 Å². The first kappa shape index (κ1) is 16.0. The van der Waals surface area contributed by atoms with Crippen LogP contribution in [0.25, 0.3) is 27.0 Å². The molecule has 4 nitrogen and oxygen atoms in total. The fourth-order valence-electron chi connectivity index (χ4n) is 3.54. The van der Waals surface area contributed by atoms with Gasteiger partial charge < -0.3 is 4.98 Å². The molecule has 3 heterocycles. The zero-order valence-electron chi connectivity index (χ0n) is 13.9. The summed E-state index contributed by atoms with van der Waals surface area (Å²) in [6.45, 7) is 3.58. The fourth-order valence-corrected chi connectivity index (χ4v) is 4.29. The van der Waals surface area contributed by atoms with Crippen LogP contribution in [0.4, 0.5) is 0 Å². The number of nitrogens with zero attached hydrogens (tertiary/aromatic N) is 2. The summed E-state index contributed by atoms with van der Waals surface area (Å²) in [6, 6.07) is 4.17. The maximum absolute atomic E-state index is 11.7. The molecule has 1 atom stereocenters. The number of nitrogens with one attached hydrogen (secondary N) is 1. The molecule has 1 aliphatic carbocycles. The summed E-state index contributed by atoms with van der Waals surface area (Å²) in [6.07, 6.45) is 10.9. The van der Waals surface area contributed by atoms with Crippen LogP contribution in [-0.4, -0.2) is 20.7 Å². The van der Waals surface area contributed by atoms with Crippen molar-refractivity contribution >= 4 is 33.7 Å². The molecular weight excluding hydrogens is 330 g/mol. The SMILES string of the molecule is C=CC(=O)CC1C=C(c2ncnc3[nH]cc(-c4cccs4)c23)CCC1. The van der Waals surface area contributed by atoms with E-state index in [9.17, 15) is 4.79 Å². The molecule has 0 fully saturated rings. The largest absolute Gasteiger partial charge is 0.345 e. The summed E-state index contributed by atoms with van der Waals surface area (Å²) in [5.41, 5.74) is 4.22. The molecule has 0 bridgehead atoms. The maximum Gasteiger partial charge on any atom is 0.155 e. The molecule has 1 N–H and O–H groups in total.